The number of rotatable bonds is 5. The Kier molecular flexibility index (Phi) is 6.44. The predicted octanol–water partition coefficient (Wildman–Crippen LogP) is 4.87. The maximum atomic E-state index is 11.2. The number of piperidine rings is 1. The van der Waals surface area contributed by atoms with Crippen molar-refractivity contribution in [1.82, 2.24) is 14.5 Å². The molecule has 0 amide bonds. The van der Waals surface area contributed by atoms with Gasteiger partial charge in [-0.2, -0.15) is 0 Å². The van der Waals surface area contributed by atoms with Crippen LogP contribution in [0.25, 0.3) is 11.4 Å². The largest absolute Gasteiger partial charge is 0.390 e. The molecule has 2 heterocycles. The maximum Gasteiger partial charge on any atom is 0.140 e. The highest BCUT2D eigenvalue weighted by atomic mass is 79.9. The fraction of sp³-hybridized carbons (Fsp3) is 0.464. The molecule has 1 aliphatic carbocycles. The van der Waals surface area contributed by atoms with E-state index in [1.54, 1.807) is 6.20 Å². The number of fused-ring (bicyclic) bond motifs is 1. The smallest absolute Gasteiger partial charge is 0.140 e. The standard InChI is InChI=1S/C28H34BrN3O2/c1-18-4-7-24(28(2,3)34)23(12-18)27-30-9-11-32(27)25-8-10-31(17-26(25)33)16-19-13-20-5-6-22(29)15-21(20)14-19/h4-7,9,11-12,15,19,25-26,33-34H,8,10,13-14,16-17H2,1-3H3/t19-,25+,26+/m0/s1. The number of aryl methyl sites for hydroxylation is 1. The number of β-amino-alcohol motifs (C(OH)–C–C–N with tert-alkyl or cyclic N) is 1. The topological polar surface area (TPSA) is 61.5 Å². The van der Waals surface area contributed by atoms with Gasteiger partial charge in [0.1, 0.15) is 5.82 Å². The molecule has 0 unspecified atom stereocenters. The lowest BCUT2D eigenvalue weighted by atomic mass is 9.91. The number of benzene rings is 2. The predicted molar refractivity (Wildman–Crippen MR) is 139 cm³/mol. The molecule has 1 aromatic heterocycles. The van der Waals surface area contributed by atoms with Gasteiger partial charge in [-0.3, -0.25) is 0 Å². The van der Waals surface area contributed by atoms with E-state index in [0.29, 0.717) is 12.5 Å². The van der Waals surface area contributed by atoms with Crippen molar-refractivity contribution < 1.29 is 10.2 Å². The summed E-state index contributed by atoms with van der Waals surface area (Å²) in [6.45, 7) is 8.32. The number of hydrogen-bond acceptors (Lipinski definition) is 4. The van der Waals surface area contributed by atoms with Crippen LogP contribution in [0.1, 0.15) is 48.6 Å². The number of nitrogens with zero attached hydrogens (tertiary/aromatic N) is 3. The van der Waals surface area contributed by atoms with Crippen LogP contribution in [-0.4, -0.2) is 50.4 Å². The van der Waals surface area contributed by atoms with Crippen molar-refractivity contribution in [2.24, 2.45) is 5.92 Å². The maximum absolute atomic E-state index is 11.2. The summed E-state index contributed by atoms with van der Waals surface area (Å²) in [5.41, 5.74) is 4.85. The van der Waals surface area contributed by atoms with Crippen molar-refractivity contribution in [3.8, 4) is 11.4 Å². The number of aliphatic hydroxyl groups is 2. The number of halogens is 1. The van der Waals surface area contributed by atoms with Crippen molar-refractivity contribution in [3.63, 3.8) is 0 Å². The van der Waals surface area contributed by atoms with Crippen molar-refractivity contribution >= 4 is 15.9 Å². The summed E-state index contributed by atoms with van der Waals surface area (Å²) in [6.07, 6.45) is 6.43. The van der Waals surface area contributed by atoms with Gasteiger partial charge in [-0.1, -0.05) is 39.7 Å². The molecule has 1 saturated heterocycles. The van der Waals surface area contributed by atoms with E-state index >= 15 is 0 Å². The lowest BCUT2D eigenvalue weighted by molar-refractivity contribution is 0.0221. The van der Waals surface area contributed by atoms with Crippen molar-refractivity contribution in [1.29, 1.82) is 0 Å². The highest BCUT2D eigenvalue weighted by Gasteiger charge is 2.33. The van der Waals surface area contributed by atoms with E-state index in [-0.39, 0.29) is 6.04 Å². The Balaban J connectivity index is 1.31. The summed E-state index contributed by atoms with van der Waals surface area (Å²) < 4.78 is 3.27. The quantitative estimate of drug-likeness (QED) is 0.500. The fourth-order valence-electron chi connectivity index (χ4n) is 5.81. The van der Waals surface area contributed by atoms with Crippen LogP contribution < -0.4 is 0 Å². The van der Waals surface area contributed by atoms with Gasteiger partial charge >= 0.3 is 0 Å². The molecule has 3 aromatic rings. The number of aromatic nitrogens is 2. The highest BCUT2D eigenvalue weighted by molar-refractivity contribution is 9.10. The van der Waals surface area contributed by atoms with Gasteiger partial charge in [-0.15, -0.1) is 0 Å². The van der Waals surface area contributed by atoms with Crippen molar-refractivity contribution in [3.05, 3.63) is 75.5 Å². The summed E-state index contributed by atoms with van der Waals surface area (Å²) in [6, 6.07) is 12.7. The molecule has 5 rings (SSSR count). The van der Waals surface area contributed by atoms with E-state index in [2.05, 4.69) is 61.6 Å². The third-order valence-corrected chi connectivity index (χ3v) is 7.93. The van der Waals surface area contributed by atoms with E-state index in [1.165, 1.54) is 11.1 Å². The third-order valence-electron chi connectivity index (χ3n) is 7.43. The normalized spacial score (nSPS) is 23.3. The summed E-state index contributed by atoms with van der Waals surface area (Å²) in [4.78, 5) is 7.10. The van der Waals surface area contributed by atoms with E-state index in [0.717, 1.165) is 59.3 Å². The average Bonchev–Trinajstić information content (AvgIpc) is 3.39. The number of aliphatic hydroxyl groups excluding tert-OH is 1. The molecule has 2 N–H and O–H groups in total. The minimum absolute atomic E-state index is 0.0272. The zero-order chi connectivity index (χ0) is 24.0. The monoisotopic (exact) mass is 523 g/mol. The molecular formula is C28H34BrN3O2. The van der Waals surface area contributed by atoms with Crippen molar-refractivity contribution in [2.75, 3.05) is 19.6 Å². The van der Waals surface area contributed by atoms with E-state index in [1.807, 2.05) is 32.2 Å². The Hall–Kier alpha value is -1.99. The minimum Gasteiger partial charge on any atom is -0.390 e. The Morgan fingerprint density at radius 3 is 2.68 bits per heavy atom. The number of imidazole rings is 1. The van der Waals surface area contributed by atoms with Crippen LogP contribution in [0.5, 0.6) is 0 Å². The summed E-state index contributed by atoms with van der Waals surface area (Å²) >= 11 is 3.59. The molecule has 34 heavy (non-hydrogen) atoms. The first-order chi connectivity index (χ1) is 16.2. The molecule has 5 nitrogen and oxygen atoms in total. The molecule has 0 spiro atoms. The number of hydrogen-bond donors (Lipinski definition) is 2. The van der Waals surface area contributed by atoms with Crippen molar-refractivity contribution in [2.45, 2.75) is 57.8 Å². The average molecular weight is 525 g/mol. The Bertz CT molecular complexity index is 1180. The fourth-order valence-corrected chi connectivity index (χ4v) is 6.22. The second kappa shape index (κ2) is 9.23. The summed E-state index contributed by atoms with van der Waals surface area (Å²) in [5.74, 6) is 1.42. The first-order valence-corrected chi connectivity index (χ1v) is 13.0. The van der Waals surface area contributed by atoms with E-state index in [4.69, 9.17) is 0 Å². The minimum atomic E-state index is -0.976. The second-order valence-corrected chi connectivity index (χ2v) is 11.6. The lowest BCUT2D eigenvalue weighted by Gasteiger charge is -2.38. The van der Waals surface area contributed by atoms with Gasteiger partial charge < -0.3 is 19.7 Å². The zero-order valence-corrected chi connectivity index (χ0v) is 21.8. The molecule has 1 aliphatic heterocycles. The van der Waals surface area contributed by atoms with Gasteiger partial charge in [0.05, 0.1) is 17.7 Å². The molecule has 3 atom stereocenters. The molecule has 2 aliphatic rings. The van der Waals surface area contributed by atoms with Crippen LogP contribution in [0.2, 0.25) is 0 Å². The third kappa shape index (κ3) is 4.74. The summed E-state index contributed by atoms with van der Waals surface area (Å²) in [7, 11) is 0. The molecular weight excluding hydrogens is 490 g/mol. The Morgan fingerprint density at radius 2 is 1.91 bits per heavy atom. The molecule has 2 aromatic carbocycles. The Morgan fingerprint density at radius 1 is 1.12 bits per heavy atom. The zero-order valence-electron chi connectivity index (χ0n) is 20.2. The second-order valence-electron chi connectivity index (χ2n) is 10.6. The van der Waals surface area contributed by atoms with E-state index in [9.17, 15) is 10.2 Å². The first-order valence-electron chi connectivity index (χ1n) is 12.2. The van der Waals surface area contributed by atoms with E-state index < -0.39 is 11.7 Å². The van der Waals surface area contributed by atoms with Crippen LogP contribution >= 0.6 is 15.9 Å². The molecule has 6 heteroatoms. The van der Waals surface area contributed by atoms with Crippen LogP contribution in [0.15, 0.2) is 53.3 Å². The summed E-state index contributed by atoms with van der Waals surface area (Å²) in [5, 5.41) is 22.0. The number of likely N-dealkylation sites (tertiary alicyclic amines) is 1. The highest BCUT2D eigenvalue weighted by Crippen LogP contribution is 2.36. The van der Waals surface area contributed by atoms with Crippen LogP contribution in [0.3, 0.4) is 0 Å². The first kappa shape index (κ1) is 23.7. The van der Waals surface area contributed by atoms with Crippen LogP contribution in [0.4, 0.5) is 0 Å². The van der Waals surface area contributed by atoms with Gasteiger partial charge in [0.2, 0.25) is 0 Å². The van der Waals surface area contributed by atoms with Gasteiger partial charge in [-0.25, -0.2) is 4.98 Å². The molecule has 1 fully saturated rings. The SMILES string of the molecule is Cc1ccc(C(C)(C)O)c(-c2nccn2[C@@H]2CCN(C[C@H]3Cc4ccc(Br)cc4C3)C[C@H]2O)c1. The Labute approximate surface area is 210 Å². The van der Waals surface area contributed by atoms with Crippen LogP contribution in [0, 0.1) is 12.8 Å². The lowest BCUT2D eigenvalue weighted by Crippen LogP contribution is -2.46. The van der Waals surface area contributed by atoms with Gasteiger partial charge in [0.25, 0.3) is 0 Å². The molecule has 0 saturated carbocycles. The van der Waals surface area contributed by atoms with Crippen LogP contribution in [-0.2, 0) is 18.4 Å². The molecule has 0 bridgehead atoms. The van der Waals surface area contributed by atoms with Gasteiger partial charge in [0, 0.05) is 42.1 Å². The molecule has 0 radical (unpaired) electrons. The van der Waals surface area contributed by atoms with Gasteiger partial charge in [0.15, 0.2) is 0 Å². The molecule has 180 valence electrons. The van der Waals surface area contributed by atoms with Gasteiger partial charge in [-0.05, 0) is 80.8 Å².